The van der Waals surface area contributed by atoms with Gasteiger partial charge < -0.3 is 10.4 Å². The molecule has 4 nitrogen and oxygen atoms in total. The molecule has 0 unspecified atom stereocenters. The highest BCUT2D eigenvalue weighted by Gasteiger charge is 2.17. The van der Waals surface area contributed by atoms with Crippen LogP contribution in [0.2, 0.25) is 5.02 Å². The Labute approximate surface area is 123 Å². The van der Waals surface area contributed by atoms with Crippen LogP contribution in [0.5, 0.6) is 0 Å². The van der Waals surface area contributed by atoms with Crippen LogP contribution >= 0.6 is 11.6 Å². The van der Waals surface area contributed by atoms with Gasteiger partial charge in [-0.2, -0.15) is 0 Å². The minimum Gasteiger partial charge on any atom is -0.478 e. The van der Waals surface area contributed by atoms with Crippen molar-refractivity contribution in [2.24, 2.45) is 0 Å². The van der Waals surface area contributed by atoms with E-state index in [4.69, 9.17) is 16.7 Å². The first-order valence-corrected chi connectivity index (χ1v) is 6.05. The third-order valence-electron chi connectivity index (χ3n) is 2.64. The summed E-state index contributed by atoms with van der Waals surface area (Å²) in [5, 5.41) is 11.2. The average molecular weight is 312 g/mol. The van der Waals surface area contributed by atoms with Crippen molar-refractivity contribution in [3.05, 3.63) is 64.2 Å². The second kappa shape index (κ2) is 5.88. The van der Waals surface area contributed by atoms with Crippen LogP contribution in [0.25, 0.3) is 0 Å². The van der Waals surface area contributed by atoms with Gasteiger partial charge >= 0.3 is 5.97 Å². The van der Waals surface area contributed by atoms with Crippen LogP contribution in [0.15, 0.2) is 36.4 Å². The topological polar surface area (TPSA) is 66.4 Å². The van der Waals surface area contributed by atoms with Crippen molar-refractivity contribution in [1.29, 1.82) is 0 Å². The lowest BCUT2D eigenvalue weighted by molar-refractivity contribution is 0.0698. The minimum absolute atomic E-state index is 0.112. The second-order valence-corrected chi connectivity index (χ2v) is 4.51. The van der Waals surface area contributed by atoms with Gasteiger partial charge in [0.2, 0.25) is 0 Å². The van der Waals surface area contributed by atoms with E-state index in [0.717, 1.165) is 30.3 Å². The maximum Gasteiger partial charge on any atom is 0.337 e. The van der Waals surface area contributed by atoms with E-state index in [2.05, 4.69) is 5.32 Å². The van der Waals surface area contributed by atoms with Crippen LogP contribution in [0.4, 0.5) is 14.5 Å². The van der Waals surface area contributed by atoms with Gasteiger partial charge in [0.1, 0.15) is 11.6 Å². The van der Waals surface area contributed by atoms with E-state index in [1.807, 2.05) is 0 Å². The Morgan fingerprint density at radius 1 is 1.05 bits per heavy atom. The molecule has 0 aromatic heterocycles. The number of carboxylic acids is 1. The Morgan fingerprint density at radius 2 is 1.71 bits per heavy atom. The van der Waals surface area contributed by atoms with Crippen molar-refractivity contribution in [2.45, 2.75) is 0 Å². The van der Waals surface area contributed by atoms with Crippen LogP contribution in [0.3, 0.4) is 0 Å². The maximum atomic E-state index is 13.6. The Balaban J connectivity index is 2.35. The predicted molar refractivity (Wildman–Crippen MR) is 72.7 cm³/mol. The molecule has 0 fully saturated rings. The van der Waals surface area contributed by atoms with Crippen LogP contribution in [0, 0.1) is 11.6 Å². The fourth-order valence-electron chi connectivity index (χ4n) is 1.67. The predicted octanol–water partition coefficient (Wildman–Crippen LogP) is 3.57. The Morgan fingerprint density at radius 3 is 2.33 bits per heavy atom. The highest BCUT2D eigenvalue weighted by molar-refractivity contribution is 6.30. The first-order valence-electron chi connectivity index (χ1n) is 5.67. The summed E-state index contributed by atoms with van der Waals surface area (Å²) < 4.78 is 26.8. The number of halogens is 3. The summed E-state index contributed by atoms with van der Waals surface area (Å²) in [6.07, 6.45) is 0. The zero-order valence-corrected chi connectivity index (χ0v) is 11.1. The van der Waals surface area contributed by atoms with Crippen LogP contribution in [-0.2, 0) is 0 Å². The first kappa shape index (κ1) is 14.9. The number of hydrogen-bond donors (Lipinski definition) is 2. The van der Waals surface area contributed by atoms with Crippen molar-refractivity contribution in [3.8, 4) is 0 Å². The highest BCUT2D eigenvalue weighted by Crippen LogP contribution is 2.20. The number of carbonyl (C=O) groups excluding carboxylic acids is 1. The van der Waals surface area contributed by atoms with Crippen molar-refractivity contribution >= 4 is 29.2 Å². The third-order valence-corrected chi connectivity index (χ3v) is 2.87. The molecule has 0 atom stereocenters. The van der Waals surface area contributed by atoms with Crippen LogP contribution in [-0.4, -0.2) is 17.0 Å². The number of benzene rings is 2. The summed E-state index contributed by atoms with van der Waals surface area (Å²) in [6, 6.07) is 6.19. The number of aromatic carboxylic acids is 1. The number of anilines is 1. The number of hydrogen-bond acceptors (Lipinski definition) is 2. The second-order valence-electron chi connectivity index (χ2n) is 4.07. The minimum atomic E-state index is -1.35. The molecule has 0 saturated heterocycles. The molecule has 2 N–H and O–H groups in total. The molecular weight excluding hydrogens is 304 g/mol. The van der Waals surface area contributed by atoms with Gasteiger partial charge in [0.05, 0.1) is 16.8 Å². The first-order chi connectivity index (χ1) is 9.88. The standard InChI is InChI=1S/C14H8ClF2NO3/c15-7-1-3-9(11(17)5-7)13(19)18-12-6-8(16)2-4-10(12)14(20)21/h1-6H,(H,18,19)(H,20,21). The zero-order chi connectivity index (χ0) is 15.6. The fraction of sp³-hybridized carbons (Fsp3) is 0. The summed E-state index contributed by atoms with van der Waals surface area (Å²) in [6.45, 7) is 0. The molecule has 21 heavy (non-hydrogen) atoms. The van der Waals surface area contributed by atoms with Gasteiger partial charge in [-0.25, -0.2) is 13.6 Å². The van der Waals surface area contributed by atoms with Crippen molar-refractivity contribution in [3.63, 3.8) is 0 Å². The SMILES string of the molecule is O=C(Nc1cc(F)ccc1C(=O)O)c1ccc(Cl)cc1F. The molecule has 2 aromatic carbocycles. The Kier molecular flexibility index (Phi) is 4.18. The summed E-state index contributed by atoms with van der Waals surface area (Å²) >= 11 is 5.57. The molecule has 108 valence electrons. The lowest BCUT2D eigenvalue weighted by Crippen LogP contribution is -2.16. The molecular formula is C14H8ClF2NO3. The van der Waals surface area contributed by atoms with Crippen molar-refractivity contribution in [2.75, 3.05) is 5.32 Å². The third kappa shape index (κ3) is 3.35. The molecule has 0 radical (unpaired) electrons. The smallest absolute Gasteiger partial charge is 0.337 e. The summed E-state index contributed by atoms with van der Waals surface area (Å²) in [4.78, 5) is 22.9. The van der Waals surface area contributed by atoms with Crippen molar-refractivity contribution in [1.82, 2.24) is 0 Å². The summed E-state index contributed by atoms with van der Waals surface area (Å²) in [5.41, 5.74) is -0.902. The molecule has 0 heterocycles. The van der Waals surface area contributed by atoms with E-state index >= 15 is 0 Å². The molecule has 0 aliphatic carbocycles. The number of rotatable bonds is 3. The lowest BCUT2D eigenvalue weighted by Gasteiger charge is -2.09. The van der Waals surface area contributed by atoms with E-state index in [1.165, 1.54) is 6.07 Å². The summed E-state index contributed by atoms with van der Waals surface area (Å²) in [7, 11) is 0. The monoisotopic (exact) mass is 311 g/mol. The Hall–Kier alpha value is -2.47. The Bertz CT molecular complexity index is 734. The lowest BCUT2D eigenvalue weighted by atomic mass is 10.1. The number of amides is 1. The van der Waals surface area contributed by atoms with Crippen LogP contribution < -0.4 is 5.32 Å². The summed E-state index contributed by atoms with van der Waals surface area (Å²) in [5.74, 6) is -3.85. The fourth-order valence-corrected chi connectivity index (χ4v) is 1.83. The molecule has 0 bridgehead atoms. The maximum absolute atomic E-state index is 13.6. The molecule has 0 saturated carbocycles. The van der Waals surface area contributed by atoms with E-state index in [-0.39, 0.29) is 21.8 Å². The van der Waals surface area contributed by atoms with Crippen LogP contribution in [0.1, 0.15) is 20.7 Å². The van der Waals surface area contributed by atoms with E-state index in [1.54, 1.807) is 0 Å². The molecule has 2 rings (SSSR count). The van der Waals surface area contributed by atoms with E-state index in [0.29, 0.717) is 0 Å². The van der Waals surface area contributed by atoms with E-state index in [9.17, 15) is 18.4 Å². The van der Waals surface area contributed by atoms with Crippen molar-refractivity contribution < 1.29 is 23.5 Å². The average Bonchev–Trinajstić information content (AvgIpc) is 2.37. The number of nitrogens with one attached hydrogen (secondary N) is 1. The normalized spacial score (nSPS) is 10.2. The largest absolute Gasteiger partial charge is 0.478 e. The highest BCUT2D eigenvalue weighted by atomic mass is 35.5. The molecule has 2 aromatic rings. The quantitative estimate of drug-likeness (QED) is 0.910. The van der Waals surface area contributed by atoms with Gasteiger partial charge in [-0.05, 0) is 36.4 Å². The molecule has 1 amide bonds. The molecule has 0 spiro atoms. The molecule has 0 aliphatic rings. The molecule has 0 aliphatic heterocycles. The van der Waals surface area contributed by atoms with Gasteiger partial charge in [0.25, 0.3) is 5.91 Å². The molecule has 7 heteroatoms. The van der Waals surface area contributed by atoms with Gasteiger partial charge in [-0.1, -0.05) is 11.6 Å². The van der Waals surface area contributed by atoms with Gasteiger partial charge in [0.15, 0.2) is 0 Å². The zero-order valence-electron chi connectivity index (χ0n) is 10.4. The van der Waals surface area contributed by atoms with Gasteiger partial charge in [-0.15, -0.1) is 0 Å². The number of carbonyl (C=O) groups is 2. The van der Waals surface area contributed by atoms with Gasteiger partial charge in [-0.3, -0.25) is 4.79 Å². The van der Waals surface area contributed by atoms with E-state index < -0.39 is 23.5 Å². The van der Waals surface area contributed by atoms with Gasteiger partial charge in [0, 0.05) is 5.02 Å². The number of carboxylic acid groups (broad SMARTS) is 1.